The van der Waals surface area contributed by atoms with Crippen LogP contribution < -0.4 is 10.6 Å². The number of carbonyl (C=O) groups is 3. The highest BCUT2D eigenvalue weighted by molar-refractivity contribution is 6.02. The fraction of sp³-hybridized carbons (Fsp3) is 0.476. The van der Waals surface area contributed by atoms with Crippen LogP contribution in [0.15, 0.2) is 35.9 Å². The van der Waals surface area contributed by atoms with Gasteiger partial charge in [0.2, 0.25) is 5.91 Å². The Balaban J connectivity index is 1.91. The summed E-state index contributed by atoms with van der Waals surface area (Å²) in [5, 5.41) is 15.0. The highest BCUT2D eigenvalue weighted by Gasteiger charge is 2.22. The van der Waals surface area contributed by atoms with Crippen molar-refractivity contribution in [1.29, 1.82) is 0 Å². The Kier molecular flexibility index (Phi) is 8.68. The maximum Gasteiger partial charge on any atom is 0.340 e. The van der Waals surface area contributed by atoms with Crippen LogP contribution >= 0.6 is 0 Å². The number of anilines is 1. The van der Waals surface area contributed by atoms with Gasteiger partial charge in [-0.15, -0.1) is 0 Å². The Morgan fingerprint density at radius 1 is 1.21 bits per heavy atom. The number of carboxylic acids is 1. The first kappa shape index (κ1) is 21.6. The van der Waals surface area contributed by atoms with Gasteiger partial charge < -0.3 is 20.5 Å². The number of ether oxygens (including phenoxy) is 1. The summed E-state index contributed by atoms with van der Waals surface area (Å²) >= 11 is 0. The van der Waals surface area contributed by atoms with Crippen LogP contribution in [0.3, 0.4) is 0 Å². The number of para-hydroxylation sites is 1. The molecule has 1 amide bonds. The van der Waals surface area contributed by atoms with Crippen LogP contribution in [0.1, 0.15) is 55.8 Å². The lowest BCUT2D eigenvalue weighted by atomic mass is 9.97. The largest absolute Gasteiger partial charge is 0.480 e. The molecule has 1 atom stereocenters. The minimum Gasteiger partial charge on any atom is -0.480 e. The van der Waals surface area contributed by atoms with E-state index in [1.54, 1.807) is 31.2 Å². The van der Waals surface area contributed by atoms with E-state index in [1.807, 2.05) is 0 Å². The molecule has 7 heteroatoms. The van der Waals surface area contributed by atoms with E-state index in [0.29, 0.717) is 12.2 Å². The molecule has 2 rings (SSSR count). The number of hydrogen-bond acceptors (Lipinski definition) is 5. The van der Waals surface area contributed by atoms with Gasteiger partial charge in [-0.3, -0.25) is 9.59 Å². The number of aliphatic carboxylic acids is 1. The molecule has 0 saturated heterocycles. The van der Waals surface area contributed by atoms with Gasteiger partial charge in [0, 0.05) is 0 Å². The monoisotopic (exact) mass is 388 g/mol. The summed E-state index contributed by atoms with van der Waals surface area (Å²) < 4.78 is 4.98. The van der Waals surface area contributed by atoms with Crippen molar-refractivity contribution in [2.45, 2.75) is 51.5 Å². The van der Waals surface area contributed by atoms with Crippen LogP contribution in [0.25, 0.3) is 0 Å². The molecule has 1 aromatic rings. The number of hydrogen-bond donors (Lipinski definition) is 3. The van der Waals surface area contributed by atoms with Crippen LogP contribution in [0.2, 0.25) is 0 Å². The summed E-state index contributed by atoms with van der Waals surface area (Å²) in [6.07, 6.45) is 7.31. The van der Waals surface area contributed by atoms with E-state index >= 15 is 0 Å². The molecule has 1 aliphatic carbocycles. The average Bonchev–Trinajstić information content (AvgIpc) is 2.68. The number of esters is 1. The first-order chi connectivity index (χ1) is 13.5. The van der Waals surface area contributed by atoms with Gasteiger partial charge in [-0.05, 0) is 57.7 Å². The molecule has 0 aromatic heterocycles. The minimum atomic E-state index is -1.08. The summed E-state index contributed by atoms with van der Waals surface area (Å²) in [4.78, 5) is 35.8. The molecule has 28 heavy (non-hydrogen) atoms. The molecular formula is C21H28N2O5. The second-order valence-electron chi connectivity index (χ2n) is 6.72. The highest BCUT2D eigenvalue weighted by Crippen LogP contribution is 2.20. The van der Waals surface area contributed by atoms with E-state index in [0.717, 1.165) is 19.3 Å². The number of benzene rings is 1. The van der Waals surface area contributed by atoms with Crippen LogP contribution in [-0.2, 0) is 14.3 Å². The van der Waals surface area contributed by atoms with Gasteiger partial charge >= 0.3 is 11.9 Å². The maximum atomic E-state index is 12.3. The zero-order valence-corrected chi connectivity index (χ0v) is 16.2. The second-order valence-corrected chi connectivity index (χ2v) is 6.72. The van der Waals surface area contributed by atoms with E-state index in [9.17, 15) is 19.5 Å². The molecule has 0 saturated carbocycles. The molecule has 3 N–H and O–H groups in total. The molecule has 1 aromatic carbocycles. The van der Waals surface area contributed by atoms with Crippen molar-refractivity contribution in [3.63, 3.8) is 0 Å². The summed E-state index contributed by atoms with van der Waals surface area (Å²) in [7, 11) is 0. The molecule has 1 unspecified atom stereocenters. The summed E-state index contributed by atoms with van der Waals surface area (Å²) in [6.45, 7) is 2.43. The van der Waals surface area contributed by atoms with Crippen LogP contribution in [0, 0.1) is 0 Å². The Morgan fingerprint density at radius 3 is 2.68 bits per heavy atom. The zero-order valence-electron chi connectivity index (χ0n) is 16.2. The fourth-order valence-electron chi connectivity index (χ4n) is 3.15. The van der Waals surface area contributed by atoms with E-state index in [4.69, 9.17) is 4.74 Å². The third-order valence-electron chi connectivity index (χ3n) is 4.61. The van der Waals surface area contributed by atoms with Crippen LogP contribution in [-0.4, -0.2) is 42.1 Å². The van der Waals surface area contributed by atoms with Crippen molar-refractivity contribution in [1.82, 2.24) is 5.32 Å². The van der Waals surface area contributed by atoms with Gasteiger partial charge in [0.05, 0.1) is 24.3 Å². The molecule has 0 aliphatic heterocycles. The van der Waals surface area contributed by atoms with Gasteiger partial charge in [-0.2, -0.15) is 0 Å². The molecule has 0 bridgehead atoms. The third-order valence-corrected chi connectivity index (χ3v) is 4.61. The van der Waals surface area contributed by atoms with Crippen molar-refractivity contribution < 1.29 is 24.2 Å². The minimum absolute atomic E-state index is 0.225. The smallest absolute Gasteiger partial charge is 0.340 e. The average molecular weight is 388 g/mol. The third kappa shape index (κ3) is 6.81. The van der Waals surface area contributed by atoms with Gasteiger partial charge in [-0.25, -0.2) is 4.79 Å². The Morgan fingerprint density at radius 2 is 2.00 bits per heavy atom. The SMILES string of the molecule is CCOC(=O)c1ccccc1NC(=O)CC(NCCC1=CCCCC1)C(=O)O. The normalized spacial score (nSPS) is 14.7. The standard InChI is InChI=1S/C21H28N2O5/c1-2-28-21(27)16-10-6-7-11-17(16)23-19(24)14-18(20(25)26)22-13-12-15-8-4-3-5-9-15/h6-8,10-11,18,22H,2-5,9,12-14H2,1H3,(H,23,24)(H,25,26). The lowest BCUT2D eigenvalue weighted by Crippen LogP contribution is -2.40. The molecule has 0 heterocycles. The van der Waals surface area contributed by atoms with E-state index in [1.165, 1.54) is 18.4 Å². The first-order valence-corrected chi connectivity index (χ1v) is 9.71. The number of allylic oxidation sites excluding steroid dienone is 1. The van der Waals surface area contributed by atoms with Gasteiger partial charge in [0.15, 0.2) is 0 Å². The van der Waals surface area contributed by atoms with Gasteiger partial charge in [-0.1, -0.05) is 23.8 Å². The van der Waals surface area contributed by atoms with Gasteiger partial charge in [0.1, 0.15) is 6.04 Å². The molecule has 0 fully saturated rings. The fourth-order valence-corrected chi connectivity index (χ4v) is 3.15. The predicted octanol–water partition coefficient (Wildman–Crippen LogP) is 3.13. The van der Waals surface area contributed by atoms with Crippen LogP contribution in [0.4, 0.5) is 5.69 Å². The predicted molar refractivity (Wildman–Crippen MR) is 106 cm³/mol. The van der Waals surface area contributed by atoms with Crippen molar-refractivity contribution in [2.24, 2.45) is 0 Å². The molecule has 0 radical (unpaired) electrons. The summed E-state index contributed by atoms with van der Waals surface area (Å²) in [5.74, 6) is -2.09. The molecule has 152 valence electrons. The maximum absolute atomic E-state index is 12.3. The Bertz CT molecular complexity index is 729. The van der Waals surface area contributed by atoms with Crippen molar-refractivity contribution in [3.8, 4) is 0 Å². The number of nitrogens with one attached hydrogen (secondary N) is 2. The van der Waals surface area contributed by atoms with E-state index < -0.39 is 23.9 Å². The van der Waals surface area contributed by atoms with Crippen molar-refractivity contribution >= 4 is 23.5 Å². The molecular weight excluding hydrogens is 360 g/mol. The number of amides is 1. The van der Waals surface area contributed by atoms with Crippen LogP contribution in [0.5, 0.6) is 0 Å². The lowest BCUT2D eigenvalue weighted by molar-refractivity contribution is -0.141. The van der Waals surface area contributed by atoms with Gasteiger partial charge in [0.25, 0.3) is 0 Å². The van der Waals surface area contributed by atoms with Crippen molar-refractivity contribution in [3.05, 3.63) is 41.5 Å². The second kappa shape index (κ2) is 11.2. The quantitative estimate of drug-likeness (QED) is 0.420. The zero-order chi connectivity index (χ0) is 20.4. The molecule has 0 spiro atoms. The first-order valence-electron chi connectivity index (χ1n) is 9.71. The highest BCUT2D eigenvalue weighted by atomic mass is 16.5. The number of carbonyl (C=O) groups excluding carboxylic acids is 2. The lowest BCUT2D eigenvalue weighted by Gasteiger charge is -2.17. The number of rotatable bonds is 10. The summed E-state index contributed by atoms with van der Waals surface area (Å²) in [6, 6.07) is 5.51. The Labute approximate surface area is 165 Å². The summed E-state index contributed by atoms with van der Waals surface area (Å²) in [5.41, 5.74) is 1.89. The van der Waals surface area contributed by atoms with E-state index in [-0.39, 0.29) is 18.6 Å². The molecule has 1 aliphatic rings. The number of carboxylic acid groups (broad SMARTS) is 1. The Hall–Kier alpha value is -2.67. The topological polar surface area (TPSA) is 105 Å². The molecule has 7 nitrogen and oxygen atoms in total. The van der Waals surface area contributed by atoms with E-state index in [2.05, 4.69) is 16.7 Å². The van der Waals surface area contributed by atoms with Crippen molar-refractivity contribution in [2.75, 3.05) is 18.5 Å².